The number of methoxy groups -OCH3 is 1. The zero-order valence-corrected chi connectivity index (χ0v) is 15.6. The summed E-state index contributed by atoms with van der Waals surface area (Å²) in [5.41, 5.74) is 1.98. The lowest BCUT2D eigenvalue weighted by Gasteiger charge is -2.15. The third-order valence-electron chi connectivity index (χ3n) is 4.65. The van der Waals surface area contributed by atoms with Gasteiger partial charge in [-0.25, -0.2) is 14.3 Å². The molecular formula is C22H19N3O3. The van der Waals surface area contributed by atoms with Crippen LogP contribution in [0.3, 0.4) is 0 Å². The summed E-state index contributed by atoms with van der Waals surface area (Å²) in [6.45, 7) is 2.16. The standard InChI is InChI=1S/C22H19N3O3/c1-15-7-5-8-16(13-15)14-24-21(26)17-9-6-12-23-20(17)25(22(24)27)18-10-3-4-11-19(18)28-2/h3-13H,14H2,1-2H3. The van der Waals surface area contributed by atoms with Gasteiger partial charge in [-0.2, -0.15) is 0 Å². The van der Waals surface area contributed by atoms with E-state index in [9.17, 15) is 9.59 Å². The summed E-state index contributed by atoms with van der Waals surface area (Å²) in [5.74, 6) is 0.525. The van der Waals surface area contributed by atoms with Crippen molar-refractivity contribution in [3.05, 3.63) is 98.8 Å². The maximum Gasteiger partial charge on any atom is 0.337 e. The second kappa shape index (κ2) is 7.15. The molecule has 0 atom stereocenters. The van der Waals surface area contributed by atoms with Crippen LogP contribution in [0.1, 0.15) is 11.1 Å². The van der Waals surface area contributed by atoms with Crippen molar-refractivity contribution < 1.29 is 4.74 Å². The molecule has 2 aromatic carbocycles. The number of hydrogen-bond donors (Lipinski definition) is 0. The molecule has 0 aliphatic rings. The van der Waals surface area contributed by atoms with Crippen LogP contribution in [0, 0.1) is 6.92 Å². The van der Waals surface area contributed by atoms with E-state index in [4.69, 9.17) is 4.74 Å². The Balaban J connectivity index is 2.05. The lowest BCUT2D eigenvalue weighted by Crippen LogP contribution is -2.40. The molecule has 0 bridgehead atoms. The average molecular weight is 373 g/mol. The molecule has 0 radical (unpaired) electrons. The molecule has 0 fully saturated rings. The summed E-state index contributed by atoms with van der Waals surface area (Å²) in [6.07, 6.45) is 1.57. The van der Waals surface area contributed by atoms with Gasteiger partial charge in [0, 0.05) is 6.20 Å². The number of benzene rings is 2. The number of nitrogens with zero attached hydrogens (tertiary/aromatic N) is 3. The van der Waals surface area contributed by atoms with Crippen molar-refractivity contribution in [3.8, 4) is 11.4 Å². The van der Waals surface area contributed by atoms with Gasteiger partial charge in [0.1, 0.15) is 5.75 Å². The van der Waals surface area contributed by atoms with Gasteiger partial charge in [0.15, 0.2) is 5.65 Å². The monoisotopic (exact) mass is 373 g/mol. The number of hydrogen-bond acceptors (Lipinski definition) is 4. The van der Waals surface area contributed by atoms with Crippen molar-refractivity contribution in [2.75, 3.05) is 7.11 Å². The highest BCUT2D eigenvalue weighted by atomic mass is 16.5. The zero-order valence-electron chi connectivity index (χ0n) is 15.6. The Morgan fingerprint density at radius 1 is 1.00 bits per heavy atom. The molecular weight excluding hydrogens is 354 g/mol. The maximum atomic E-state index is 13.4. The van der Waals surface area contributed by atoms with Crippen LogP contribution >= 0.6 is 0 Å². The van der Waals surface area contributed by atoms with Gasteiger partial charge in [-0.05, 0) is 36.8 Å². The summed E-state index contributed by atoms with van der Waals surface area (Å²) in [4.78, 5) is 30.8. The van der Waals surface area contributed by atoms with Gasteiger partial charge in [0.05, 0.1) is 24.7 Å². The highest BCUT2D eigenvalue weighted by Gasteiger charge is 2.17. The molecule has 0 unspecified atom stereocenters. The van der Waals surface area contributed by atoms with Gasteiger partial charge < -0.3 is 4.74 Å². The fraction of sp³-hybridized carbons (Fsp3) is 0.136. The molecule has 0 saturated carbocycles. The molecule has 0 spiro atoms. The first kappa shape index (κ1) is 17.7. The Hall–Kier alpha value is -3.67. The summed E-state index contributed by atoms with van der Waals surface area (Å²) in [5, 5.41) is 0.376. The van der Waals surface area contributed by atoms with Crippen LogP contribution in [0.25, 0.3) is 16.7 Å². The number of ether oxygens (including phenoxy) is 1. The normalized spacial score (nSPS) is 10.9. The quantitative estimate of drug-likeness (QED) is 0.552. The van der Waals surface area contributed by atoms with Crippen LogP contribution in [-0.4, -0.2) is 21.2 Å². The largest absolute Gasteiger partial charge is 0.495 e. The van der Waals surface area contributed by atoms with Crippen LogP contribution in [0.15, 0.2) is 76.4 Å². The molecule has 0 saturated heterocycles. The second-order valence-corrected chi connectivity index (χ2v) is 6.54. The number of rotatable bonds is 4. The van der Waals surface area contributed by atoms with Gasteiger partial charge in [-0.3, -0.25) is 9.36 Å². The number of aromatic nitrogens is 3. The first-order chi connectivity index (χ1) is 13.6. The van der Waals surface area contributed by atoms with E-state index in [1.807, 2.05) is 43.3 Å². The highest BCUT2D eigenvalue weighted by Crippen LogP contribution is 2.22. The molecule has 0 N–H and O–H groups in total. The van der Waals surface area contributed by atoms with E-state index < -0.39 is 5.69 Å². The van der Waals surface area contributed by atoms with E-state index in [-0.39, 0.29) is 12.1 Å². The molecule has 6 heteroatoms. The Bertz CT molecular complexity index is 1290. The highest BCUT2D eigenvalue weighted by molar-refractivity contribution is 5.76. The predicted octanol–water partition coefficient (Wildman–Crippen LogP) is 2.91. The van der Waals surface area contributed by atoms with E-state index in [0.29, 0.717) is 22.5 Å². The van der Waals surface area contributed by atoms with Crippen LogP contribution in [0.5, 0.6) is 5.75 Å². The van der Waals surface area contributed by atoms with E-state index in [0.717, 1.165) is 11.1 Å². The van der Waals surface area contributed by atoms with E-state index in [2.05, 4.69) is 4.98 Å². The third kappa shape index (κ3) is 2.99. The Labute approximate surface area is 161 Å². The molecule has 2 aromatic heterocycles. The molecule has 140 valence electrons. The molecule has 2 heterocycles. The minimum absolute atomic E-state index is 0.180. The SMILES string of the molecule is COc1ccccc1-n1c(=O)n(Cc2cccc(C)c2)c(=O)c2cccnc21. The second-order valence-electron chi connectivity index (χ2n) is 6.54. The van der Waals surface area contributed by atoms with Crippen LogP contribution < -0.4 is 16.0 Å². The summed E-state index contributed by atoms with van der Waals surface area (Å²) in [7, 11) is 1.54. The van der Waals surface area contributed by atoms with Gasteiger partial charge in [-0.15, -0.1) is 0 Å². The molecule has 0 aliphatic carbocycles. The molecule has 4 rings (SSSR count). The number of pyridine rings is 1. The lowest BCUT2D eigenvalue weighted by atomic mass is 10.1. The number of aryl methyl sites for hydroxylation is 1. The minimum Gasteiger partial charge on any atom is -0.495 e. The topological polar surface area (TPSA) is 66.1 Å². The maximum absolute atomic E-state index is 13.4. The zero-order chi connectivity index (χ0) is 19.7. The lowest BCUT2D eigenvalue weighted by molar-refractivity contribution is 0.412. The minimum atomic E-state index is -0.456. The van der Waals surface area contributed by atoms with Crippen molar-refractivity contribution in [1.82, 2.24) is 14.1 Å². The van der Waals surface area contributed by atoms with Crippen molar-refractivity contribution in [2.45, 2.75) is 13.5 Å². The van der Waals surface area contributed by atoms with Crippen molar-refractivity contribution in [1.29, 1.82) is 0 Å². The molecule has 0 aliphatic heterocycles. The summed E-state index contributed by atoms with van der Waals surface area (Å²) >= 11 is 0. The Morgan fingerprint density at radius 2 is 1.82 bits per heavy atom. The van der Waals surface area contributed by atoms with Crippen molar-refractivity contribution >= 4 is 11.0 Å². The fourth-order valence-electron chi connectivity index (χ4n) is 3.35. The third-order valence-corrected chi connectivity index (χ3v) is 4.65. The summed E-state index contributed by atoms with van der Waals surface area (Å²) < 4.78 is 8.11. The van der Waals surface area contributed by atoms with E-state index in [1.54, 1.807) is 37.6 Å². The van der Waals surface area contributed by atoms with Gasteiger partial charge in [-0.1, -0.05) is 42.0 Å². The Kier molecular flexibility index (Phi) is 4.53. The molecule has 28 heavy (non-hydrogen) atoms. The summed E-state index contributed by atoms with van der Waals surface area (Å²) in [6, 6.07) is 18.3. The smallest absolute Gasteiger partial charge is 0.337 e. The average Bonchev–Trinajstić information content (AvgIpc) is 2.72. The molecule has 6 nitrogen and oxygen atoms in total. The molecule has 4 aromatic rings. The molecule has 0 amide bonds. The van der Waals surface area contributed by atoms with Crippen molar-refractivity contribution in [3.63, 3.8) is 0 Å². The van der Waals surface area contributed by atoms with E-state index >= 15 is 0 Å². The van der Waals surface area contributed by atoms with Gasteiger partial charge >= 0.3 is 5.69 Å². The van der Waals surface area contributed by atoms with Crippen LogP contribution in [-0.2, 0) is 6.54 Å². The van der Waals surface area contributed by atoms with E-state index in [1.165, 1.54) is 9.13 Å². The number of para-hydroxylation sites is 2. The first-order valence-electron chi connectivity index (χ1n) is 8.89. The predicted molar refractivity (Wildman–Crippen MR) is 108 cm³/mol. The fourth-order valence-corrected chi connectivity index (χ4v) is 3.35. The Morgan fingerprint density at radius 3 is 2.61 bits per heavy atom. The van der Waals surface area contributed by atoms with Gasteiger partial charge in [0.25, 0.3) is 5.56 Å². The van der Waals surface area contributed by atoms with Gasteiger partial charge in [0.2, 0.25) is 0 Å². The van der Waals surface area contributed by atoms with Crippen LogP contribution in [0.2, 0.25) is 0 Å². The first-order valence-corrected chi connectivity index (χ1v) is 8.89. The van der Waals surface area contributed by atoms with Crippen molar-refractivity contribution in [2.24, 2.45) is 0 Å². The van der Waals surface area contributed by atoms with Crippen LogP contribution in [0.4, 0.5) is 0 Å². The number of fused-ring (bicyclic) bond motifs is 1.